The third-order valence-electron chi connectivity index (χ3n) is 5.03. The number of aromatic hydroxyl groups is 1. The normalized spacial score (nSPS) is 17.3. The molecule has 0 bridgehead atoms. The number of para-hydroxylation sites is 1. The molecule has 0 unspecified atom stereocenters. The highest BCUT2D eigenvalue weighted by molar-refractivity contribution is 5.79. The molecule has 0 radical (unpaired) electrons. The van der Waals surface area contributed by atoms with Crippen LogP contribution in [0.3, 0.4) is 0 Å². The summed E-state index contributed by atoms with van der Waals surface area (Å²) < 4.78 is 26.3. The number of likely N-dealkylation sites (tertiary alicyclic amines) is 1. The molecule has 138 valence electrons. The van der Waals surface area contributed by atoms with Gasteiger partial charge in [-0.05, 0) is 55.4 Å². The highest BCUT2D eigenvalue weighted by Gasteiger charge is 2.24. The summed E-state index contributed by atoms with van der Waals surface area (Å²) in [5, 5.41) is 9.83. The number of piperidine rings is 1. The van der Waals surface area contributed by atoms with Crippen molar-refractivity contribution in [1.82, 2.24) is 4.90 Å². The van der Waals surface area contributed by atoms with E-state index in [0.29, 0.717) is 24.4 Å². The Morgan fingerprint density at radius 2 is 1.96 bits per heavy atom. The minimum atomic E-state index is -0.827. The van der Waals surface area contributed by atoms with Crippen LogP contribution in [0.2, 0.25) is 0 Å². The summed E-state index contributed by atoms with van der Waals surface area (Å²) >= 11 is 0. The third kappa shape index (κ3) is 4.59. The van der Waals surface area contributed by atoms with Gasteiger partial charge in [-0.3, -0.25) is 4.79 Å². The maximum absolute atomic E-state index is 13.3. The van der Waals surface area contributed by atoms with E-state index in [-0.39, 0.29) is 18.1 Å². The zero-order valence-corrected chi connectivity index (χ0v) is 14.6. The van der Waals surface area contributed by atoms with Gasteiger partial charge in [0.25, 0.3) is 0 Å². The molecule has 0 aromatic heterocycles. The molecule has 1 saturated heterocycles. The van der Waals surface area contributed by atoms with Crippen molar-refractivity contribution >= 4 is 5.91 Å². The lowest BCUT2D eigenvalue weighted by molar-refractivity contribution is -0.132. The number of amides is 1. The van der Waals surface area contributed by atoms with E-state index in [4.69, 9.17) is 0 Å². The van der Waals surface area contributed by atoms with Crippen molar-refractivity contribution in [3.05, 3.63) is 65.2 Å². The van der Waals surface area contributed by atoms with Crippen molar-refractivity contribution in [3.8, 4) is 5.75 Å². The number of halogens is 2. The lowest BCUT2D eigenvalue weighted by Gasteiger charge is -2.33. The van der Waals surface area contributed by atoms with Crippen LogP contribution in [0, 0.1) is 17.6 Å². The van der Waals surface area contributed by atoms with E-state index in [1.807, 2.05) is 11.0 Å². The number of nitrogens with zero attached hydrogens (tertiary/aromatic N) is 1. The highest BCUT2D eigenvalue weighted by Crippen LogP contribution is 2.24. The van der Waals surface area contributed by atoms with Crippen molar-refractivity contribution in [2.45, 2.75) is 32.1 Å². The van der Waals surface area contributed by atoms with Crippen LogP contribution in [-0.2, 0) is 17.6 Å². The Bertz CT molecular complexity index is 778. The first-order valence-corrected chi connectivity index (χ1v) is 9.01. The molecule has 1 amide bonds. The summed E-state index contributed by atoms with van der Waals surface area (Å²) in [6, 6.07) is 10.9. The van der Waals surface area contributed by atoms with Crippen LogP contribution in [0.15, 0.2) is 42.5 Å². The van der Waals surface area contributed by atoms with Gasteiger partial charge >= 0.3 is 0 Å². The number of rotatable bonds is 5. The van der Waals surface area contributed by atoms with Crippen molar-refractivity contribution in [2.75, 3.05) is 13.1 Å². The SMILES string of the molecule is O=C(Cc1ccccc1O)N1CCC[C@@H](CCc2ccc(F)c(F)c2)C1. The fourth-order valence-electron chi connectivity index (χ4n) is 3.53. The Labute approximate surface area is 152 Å². The average Bonchev–Trinajstić information content (AvgIpc) is 2.65. The molecule has 1 fully saturated rings. The minimum Gasteiger partial charge on any atom is -0.508 e. The molecule has 0 saturated carbocycles. The van der Waals surface area contributed by atoms with Gasteiger partial charge in [0.05, 0.1) is 6.42 Å². The smallest absolute Gasteiger partial charge is 0.227 e. The van der Waals surface area contributed by atoms with E-state index >= 15 is 0 Å². The lowest BCUT2D eigenvalue weighted by Crippen LogP contribution is -2.40. The van der Waals surface area contributed by atoms with Gasteiger partial charge in [-0.1, -0.05) is 24.3 Å². The van der Waals surface area contributed by atoms with E-state index in [2.05, 4.69) is 0 Å². The van der Waals surface area contributed by atoms with Crippen LogP contribution >= 0.6 is 0 Å². The molecule has 1 aliphatic heterocycles. The average molecular weight is 359 g/mol. The number of carbonyl (C=O) groups excluding carboxylic acids is 1. The molecule has 26 heavy (non-hydrogen) atoms. The first kappa shape index (κ1) is 18.4. The van der Waals surface area contributed by atoms with E-state index in [1.165, 1.54) is 6.07 Å². The van der Waals surface area contributed by atoms with Crippen LogP contribution in [0.1, 0.15) is 30.4 Å². The molecular weight excluding hydrogens is 336 g/mol. The van der Waals surface area contributed by atoms with Crippen molar-refractivity contribution in [2.24, 2.45) is 5.92 Å². The molecule has 0 aliphatic carbocycles. The number of aryl methyl sites for hydroxylation is 1. The summed E-state index contributed by atoms with van der Waals surface area (Å²) in [7, 11) is 0. The summed E-state index contributed by atoms with van der Waals surface area (Å²) in [5.74, 6) is -1.13. The van der Waals surface area contributed by atoms with Crippen molar-refractivity contribution in [3.63, 3.8) is 0 Å². The molecule has 2 aromatic carbocycles. The number of benzene rings is 2. The second kappa shape index (κ2) is 8.30. The predicted octanol–water partition coefficient (Wildman–Crippen LogP) is 4.08. The van der Waals surface area contributed by atoms with Gasteiger partial charge < -0.3 is 10.0 Å². The monoisotopic (exact) mass is 359 g/mol. The van der Waals surface area contributed by atoms with E-state index < -0.39 is 11.6 Å². The quantitative estimate of drug-likeness (QED) is 0.874. The molecule has 1 heterocycles. The molecule has 3 rings (SSSR count). The molecule has 0 spiro atoms. The van der Waals surface area contributed by atoms with E-state index in [9.17, 15) is 18.7 Å². The van der Waals surface area contributed by atoms with E-state index in [1.54, 1.807) is 24.3 Å². The second-order valence-corrected chi connectivity index (χ2v) is 6.94. The summed E-state index contributed by atoms with van der Waals surface area (Å²) in [6.45, 7) is 1.41. The molecule has 2 aromatic rings. The van der Waals surface area contributed by atoms with E-state index in [0.717, 1.165) is 37.4 Å². The Morgan fingerprint density at radius 3 is 2.73 bits per heavy atom. The van der Waals surface area contributed by atoms with Gasteiger partial charge in [-0.25, -0.2) is 8.78 Å². The van der Waals surface area contributed by atoms with Gasteiger partial charge in [0.2, 0.25) is 5.91 Å². The minimum absolute atomic E-state index is 0.0176. The van der Waals surface area contributed by atoms with Gasteiger partial charge in [0, 0.05) is 18.7 Å². The number of phenols is 1. The van der Waals surface area contributed by atoms with Crippen molar-refractivity contribution in [1.29, 1.82) is 0 Å². The Balaban J connectivity index is 1.54. The van der Waals surface area contributed by atoms with Crippen LogP contribution < -0.4 is 0 Å². The molecule has 5 heteroatoms. The molecule has 1 N–H and O–H groups in total. The van der Waals surface area contributed by atoms with Gasteiger partial charge in [-0.2, -0.15) is 0 Å². The maximum atomic E-state index is 13.3. The van der Waals surface area contributed by atoms with Gasteiger partial charge in [0.1, 0.15) is 5.75 Å². The first-order chi connectivity index (χ1) is 12.5. The first-order valence-electron chi connectivity index (χ1n) is 9.01. The number of hydrogen-bond donors (Lipinski definition) is 1. The number of hydrogen-bond acceptors (Lipinski definition) is 2. The predicted molar refractivity (Wildman–Crippen MR) is 95.8 cm³/mol. The van der Waals surface area contributed by atoms with Gasteiger partial charge in [0.15, 0.2) is 11.6 Å². The summed E-state index contributed by atoms with van der Waals surface area (Å²) in [4.78, 5) is 14.4. The van der Waals surface area contributed by atoms with Crippen LogP contribution in [-0.4, -0.2) is 29.0 Å². The zero-order valence-electron chi connectivity index (χ0n) is 14.6. The van der Waals surface area contributed by atoms with Crippen LogP contribution in [0.4, 0.5) is 8.78 Å². The topological polar surface area (TPSA) is 40.5 Å². The number of carbonyl (C=O) groups is 1. The summed E-state index contributed by atoms with van der Waals surface area (Å²) in [5.41, 5.74) is 1.42. The lowest BCUT2D eigenvalue weighted by atomic mass is 9.91. The van der Waals surface area contributed by atoms with Crippen LogP contribution in [0.25, 0.3) is 0 Å². The molecule has 1 atom stereocenters. The Kier molecular flexibility index (Phi) is 5.86. The molecular formula is C21H23F2NO2. The fourth-order valence-corrected chi connectivity index (χ4v) is 3.53. The largest absolute Gasteiger partial charge is 0.508 e. The standard InChI is InChI=1S/C21H23F2NO2/c22-18-10-9-15(12-19(18)23)7-8-16-4-3-11-24(14-16)21(26)13-17-5-1-2-6-20(17)25/h1-2,5-6,9-10,12,16,25H,3-4,7-8,11,13-14H2/t16-/m0/s1. The number of phenolic OH excluding ortho intramolecular Hbond substituents is 1. The van der Waals surface area contributed by atoms with Crippen molar-refractivity contribution < 1.29 is 18.7 Å². The summed E-state index contributed by atoms with van der Waals surface area (Å²) in [6.07, 6.45) is 3.68. The maximum Gasteiger partial charge on any atom is 0.227 e. The van der Waals surface area contributed by atoms with Crippen LogP contribution in [0.5, 0.6) is 5.75 Å². The molecule has 3 nitrogen and oxygen atoms in total. The molecule has 1 aliphatic rings. The zero-order chi connectivity index (χ0) is 18.5. The van der Waals surface area contributed by atoms with Gasteiger partial charge in [-0.15, -0.1) is 0 Å². The Hall–Kier alpha value is -2.43. The second-order valence-electron chi connectivity index (χ2n) is 6.94. The Morgan fingerprint density at radius 1 is 1.15 bits per heavy atom. The highest BCUT2D eigenvalue weighted by atomic mass is 19.2. The fraction of sp³-hybridized carbons (Fsp3) is 0.381. The third-order valence-corrected chi connectivity index (χ3v) is 5.03.